The monoisotopic (exact) mass is 392 g/mol. The molecule has 7 heteroatoms. The number of aromatic nitrogens is 1. The molecule has 0 aliphatic carbocycles. The van der Waals surface area contributed by atoms with Gasteiger partial charge in [0.25, 0.3) is 5.91 Å². The van der Waals surface area contributed by atoms with Crippen molar-refractivity contribution in [1.82, 2.24) is 26.1 Å². The van der Waals surface area contributed by atoms with Crippen molar-refractivity contribution in [3.8, 4) is 0 Å². The van der Waals surface area contributed by atoms with Gasteiger partial charge in [-0.2, -0.15) is 0 Å². The highest BCUT2D eigenvalue weighted by atomic mass is 32.1. The molecule has 0 bridgehead atoms. The number of nitrogens with one attached hydrogen (secondary N) is 3. The SMILES string of the molecule is CN(C)C(Cc1ccccc1)NC(=S)NNC(=O)c1nccc2c[c]ccc12. The molecule has 0 aliphatic rings. The van der Waals surface area contributed by atoms with Crippen molar-refractivity contribution >= 4 is 34.0 Å². The summed E-state index contributed by atoms with van der Waals surface area (Å²) in [6, 6.07) is 20.4. The first kappa shape index (κ1) is 19.7. The lowest BCUT2D eigenvalue weighted by Crippen LogP contribution is -2.54. The van der Waals surface area contributed by atoms with Crippen molar-refractivity contribution in [3.05, 3.63) is 78.1 Å². The normalized spacial score (nSPS) is 11.8. The summed E-state index contributed by atoms with van der Waals surface area (Å²) in [6.45, 7) is 0. The summed E-state index contributed by atoms with van der Waals surface area (Å²) in [5, 5.41) is 5.21. The maximum Gasteiger partial charge on any atom is 0.288 e. The number of thiocarbonyl (C=S) groups is 1. The largest absolute Gasteiger partial charge is 0.345 e. The van der Waals surface area contributed by atoms with Crippen LogP contribution in [0.2, 0.25) is 0 Å². The van der Waals surface area contributed by atoms with Gasteiger partial charge in [-0.05, 0) is 55.5 Å². The molecule has 1 unspecified atom stereocenters. The molecule has 1 aromatic heterocycles. The van der Waals surface area contributed by atoms with Crippen LogP contribution in [0.3, 0.4) is 0 Å². The van der Waals surface area contributed by atoms with Crippen LogP contribution < -0.4 is 16.2 Å². The Kier molecular flexibility index (Phi) is 6.52. The van der Waals surface area contributed by atoms with Crippen LogP contribution in [0.15, 0.2) is 60.8 Å². The van der Waals surface area contributed by atoms with Gasteiger partial charge < -0.3 is 5.32 Å². The minimum Gasteiger partial charge on any atom is -0.345 e. The van der Waals surface area contributed by atoms with Crippen molar-refractivity contribution < 1.29 is 4.79 Å². The lowest BCUT2D eigenvalue weighted by molar-refractivity contribution is 0.0940. The maximum atomic E-state index is 12.5. The zero-order valence-corrected chi connectivity index (χ0v) is 16.6. The van der Waals surface area contributed by atoms with E-state index in [1.54, 1.807) is 12.3 Å². The number of hydrogen-bond acceptors (Lipinski definition) is 4. The molecular formula is C21H22N5OS. The van der Waals surface area contributed by atoms with Crippen molar-refractivity contribution in [1.29, 1.82) is 0 Å². The van der Waals surface area contributed by atoms with Crippen LogP contribution in [-0.2, 0) is 6.42 Å². The Hall–Kier alpha value is -3.03. The first-order valence-electron chi connectivity index (χ1n) is 8.86. The Balaban J connectivity index is 1.60. The van der Waals surface area contributed by atoms with Gasteiger partial charge in [0.1, 0.15) is 5.69 Å². The second kappa shape index (κ2) is 9.25. The smallest absolute Gasteiger partial charge is 0.288 e. The van der Waals surface area contributed by atoms with Crippen molar-refractivity contribution in [3.63, 3.8) is 0 Å². The van der Waals surface area contributed by atoms with Gasteiger partial charge >= 0.3 is 0 Å². The zero-order valence-electron chi connectivity index (χ0n) is 15.8. The van der Waals surface area contributed by atoms with E-state index >= 15 is 0 Å². The van der Waals surface area contributed by atoms with Crippen LogP contribution in [0.25, 0.3) is 10.8 Å². The van der Waals surface area contributed by atoms with Crippen LogP contribution in [-0.4, -0.2) is 41.2 Å². The van der Waals surface area contributed by atoms with Crippen LogP contribution in [0, 0.1) is 6.07 Å². The van der Waals surface area contributed by atoms with Gasteiger partial charge in [0.05, 0.1) is 6.17 Å². The van der Waals surface area contributed by atoms with Crippen molar-refractivity contribution in [2.75, 3.05) is 14.1 Å². The van der Waals surface area contributed by atoms with E-state index in [4.69, 9.17) is 12.2 Å². The number of fused-ring (bicyclic) bond motifs is 1. The first-order chi connectivity index (χ1) is 13.5. The van der Waals surface area contributed by atoms with E-state index in [-0.39, 0.29) is 12.1 Å². The quantitative estimate of drug-likeness (QED) is 0.352. The van der Waals surface area contributed by atoms with Crippen molar-refractivity contribution in [2.45, 2.75) is 12.6 Å². The second-order valence-electron chi connectivity index (χ2n) is 6.53. The van der Waals surface area contributed by atoms with E-state index in [1.807, 2.05) is 55.4 Å². The van der Waals surface area contributed by atoms with Crippen molar-refractivity contribution in [2.24, 2.45) is 0 Å². The summed E-state index contributed by atoms with van der Waals surface area (Å²) in [5.74, 6) is -0.356. The summed E-state index contributed by atoms with van der Waals surface area (Å²) >= 11 is 5.34. The number of hydrazine groups is 1. The Labute approximate surface area is 169 Å². The van der Waals surface area contributed by atoms with Crippen LogP contribution >= 0.6 is 12.2 Å². The number of rotatable bonds is 5. The lowest BCUT2D eigenvalue weighted by atomic mass is 10.1. The average Bonchev–Trinajstić information content (AvgIpc) is 2.71. The molecule has 0 saturated carbocycles. The number of carbonyl (C=O) groups excluding carboxylic acids is 1. The Bertz CT molecular complexity index is 956. The highest BCUT2D eigenvalue weighted by molar-refractivity contribution is 7.80. The molecule has 1 amide bonds. The fourth-order valence-corrected chi connectivity index (χ4v) is 2.99. The fourth-order valence-electron chi connectivity index (χ4n) is 2.80. The Morgan fingerprint density at radius 1 is 1.18 bits per heavy atom. The summed E-state index contributed by atoms with van der Waals surface area (Å²) in [4.78, 5) is 18.8. The number of carbonyl (C=O) groups is 1. The van der Waals surface area contributed by atoms with E-state index in [0.29, 0.717) is 10.8 Å². The van der Waals surface area contributed by atoms with Crippen LogP contribution in [0.5, 0.6) is 0 Å². The van der Waals surface area contributed by atoms with E-state index in [0.717, 1.165) is 17.2 Å². The third-order valence-electron chi connectivity index (χ3n) is 4.31. The average molecular weight is 393 g/mol. The number of likely N-dealkylation sites (N-methyl/N-ethyl adjacent to an activating group) is 1. The standard InChI is InChI=1S/C21H22N5OS/c1-26(2)18(14-15-8-4-3-5-9-15)23-21(28)25-24-20(27)19-17-11-7-6-10-16(17)12-13-22-19/h3-5,7-13,18H,14H2,1-2H3,(H,24,27)(H2,23,25,28). The highest BCUT2D eigenvalue weighted by Gasteiger charge is 2.15. The topological polar surface area (TPSA) is 69.3 Å². The fraction of sp³-hybridized carbons (Fsp3) is 0.190. The minimum atomic E-state index is -0.356. The molecule has 28 heavy (non-hydrogen) atoms. The third kappa shape index (κ3) is 5.03. The number of pyridine rings is 1. The van der Waals surface area contributed by atoms with Gasteiger partial charge in [0, 0.05) is 18.0 Å². The molecule has 3 N–H and O–H groups in total. The highest BCUT2D eigenvalue weighted by Crippen LogP contribution is 2.15. The number of amides is 1. The molecule has 2 aromatic carbocycles. The molecule has 6 nitrogen and oxygen atoms in total. The number of benzene rings is 2. The second-order valence-corrected chi connectivity index (χ2v) is 6.94. The molecular weight excluding hydrogens is 370 g/mol. The molecule has 0 aliphatic heterocycles. The van der Waals surface area contributed by atoms with Crippen LogP contribution in [0.1, 0.15) is 16.1 Å². The van der Waals surface area contributed by atoms with Gasteiger partial charge in [-0.1, -0.05) is 42.5 Å². The molecule has 1 radical (unpaired) electrons. The zero-order chi connectivity index (χ0) is 19.9. The third-order valence-corrected chi connectivity index (χ3v) is 4.53. The summed E-state index contributed by atoms with van der Waals surface area (Å²) < 4.78 is 0. The molecule has 3 rings (SSSR count). The summed E-state index contributed by atoms with van der Waals surface area (Å²) in [6.07, 6.45) is 2.35. The predicted octanol–water partition coefficient (Wildman–Crippen LogP) is 2.27. The first-order valence-corrected chi connectivity index (χ1v) is 9.27. The number of nitrogens with zero attached hydrogens (tertiary/aromatic N) is 2. The summed E-state index contributed by atoms with van der Waals surface area (Å²) in [7, 11) is 3.94. The predicted molar refractivity (Wildman–Crippen MR) is 115 cm³/mol. The van der Waals surface area contributed by atoms with Gasteiger partial charge in [-0.3, -0.25) is 25.5 Å². The minimum absolute atomic E-state index is 0.0227. The van der Waals surface area contributed by atoms with Gasteiger partial charge in [-0.15, -0.1) is 0 Å². The molecule has 1 atom stereocenters. The molecule has 0 saturated heterocycles. The molecule has 1 heterocycles. The van der Waals surface area contributed by atoms with E-state index in [1.165, 1.54) is 5.56 Å². The van der Waals surface area contributed by atoms with E-state index in [2.05, 4.69) is 39.4 Å². The lowest BCUT2D eigenvalue weighted by Gasteiger charge is -2.27. The van der Waals surface area contributed by atoms with Gasteiger partial charge in [0.15, 0.2) is 5.11 Å². The van der Waals surface area contributed by atoms with Gasteiger partial charge in [0.2, 0.25) is 0 Å². The van der Waals surface area contributed by atoms with E-state index in [9.17, 15) is 4.79 Å². The molecule has 0 fully saturated rings. The molecule has 0 spiro atoms. The molecule has 3 aromatic rings. The maximum absolute atomic E-state index is 12.5. The summed E-state index contributed by atoms with van der Waals surface area (Å²) in [5.41, 5.74) is 6.90. The Morgan fingerprint density at radius 2 is 1.96 bits per heavy atom. The number of hydrogen-bond donors (Lipinski definition) is 3. The van der Waals surface area contributed by atoms with Gasteiger partial charge in [-0.25, -0.2) is 0 Å². The van der Waals surface area contributed by atoms with Crippen LogP contribution in [0.4, 0.5) is 0 Å². The van der Waals surface area contributed by atoms with E-state index < -0.39 is 0 Å². The Morgan fingerprint density at radius 3 is 2.71 bits per heavy atom. The molecule has 143 valence electrons.